The Morgan fingerprint density at radius 2 is 1.90 bits per heavy atom. The molecule has 116 valence electrons. The van der Waals surface area contributed by atoms with Gasteiger partial charge in [0.1, 0.15) is 9.84 Å². The van der Waals surface area contributed by atoms with E-state index in [4.69, 9.17) is 5.11 Å². The molecule has 0 atom stereocenters. The van der Waals surface area contributed by atoms with Gasteiger partial charge in [-0.2, -0.15) is 0 Å². The third-order valence-electron chi connectivity index (χ3n) is 2.28. The third kappa shape index (κ3) is 6.02. The maximum Gasteiger partial charge on any atom is 0.337 e. The number of hydrogen-bond donors (Lipinski definition) is 3. The smallest absolute Gasteiger partial charge is 0.337 e. The Hall–Kier alpha value is -1.13. The number of aromatic carboxylic acids is 1. The number of anilines is 1. The van der Waals surface area contributed by atoms with Crippen molar-refractivity contribution < 1.29 is 23.1 Å². The van der Waals surface area contributed by atoms with Gasteiger partial charge in [-0.15, -0.1) is 0 Å². The molecule has 0 aliphatic carbocycles. The zero-order valence-electron chi connectivity index (χ0n) is 10.8. The number of carbonyl (C=O) groups excluding carboxylic acids is 1. The number of benzene rings is 1. The summed E-state index contributed by atoms with van der Waals surface area (Å²) in [6.07, 6.45) is 1.06. The normalized spacial score (nSPS) is 11.0. The van der Waals surface area contributed by atoms with Crippen LogP contribution in [0.4, 0.5) is 10.5 Å². The van der Waals surface area contributed by atoms with Gasteiger partial charge in [-0.3, -0.25) is 0 Å². The molecule has 0 spiro atoms. The third-order valence-corrected chi connectivity index (χ3v) is 4.31. The molecule has 21 heavy (non-hydrogen) atoms. The lowest BCUT2D eigenvalue weighted by molar-refractivity contribution is 0.0698. The van der Waals surface area contributed by atoms with Gasteiger partial charge in [-0.25, -0.2) is 18.0 Å². The van der Waals surface area contributed by atoms with Crippen LogP contribution in [0.5, 0.6) is 0 Å². The second kappa shape index (κ2) is 7.23. The number of carbonyl (C=O) groups is 2. The molecule has 0 aliphatic heterocycles. The summed E-state index contributed by atoms with van der Waals surface area (Å²) in [5, 5.41) is 13.8. The lowest BCUT2D eigenvalue weighted by Gasteiger charge is -2.12. The first-order chi connectivity index (χ1) is 9.60. The van der Waals surface area contributed by atoms with Crippen molar-refractivity contribution in [2.45, 2.75) is 0 Å². The van der Waals surface area contributed by atoms with Gasteiger partial charge in [-0.1, -0.05) is 15.9 Å². The molecule has 0 unspecified atom stereocenters. The van der Waals surface area contributed by atoms with Crippen molar-refractivity contribution in [2.75, 3.05) is 23.9 Å². The highest BCUT2D eigenvalue weighted by Gasteiger charge is 2.17. The average molecular weight is 444 g/mol. The number of carboxylic acids is 1. The van der Waals surface area contributed by atoms with E-state index >= 15 is 0 Å². The van der Waals surface area contributed by atoms with E-state index in [0.717, 1.165) is 6.26 Å². The van der Waals surface area contributed by atoms with Crippen molar-refractivity contribution in [3.8, 4) is 0 Å². The number of nitrogens with one attached hydrogen (secondary N) is 2. The largest absolute Gasteiger partial charge is 0.478 e. The van der Waals surface area contributed by atoms with Gasteiger partial charge in [0.15, 0.2) is 0 Å². The fourth-order valence-electron chi connectivity index (χ4n) is 1.38. The van der Waals surface area contributed by atoms with E-state index in [2.05, 4.69) is 42.5 Å². The van der Waals surface area contributed by atoms with Crippen molar-refractivity contribution in [1.82, 2.24) is 5.32 Å². The molecule has 10 heteroatoms. The summed E-state index contributed by atoms with van der Waals surface area (Å²) in [7, 11) is -3.18. The summed E-state index contributed by atoms with van der Waals surface area (Å²) in [6.45, 7) is -0.0682. The van der Waals surface area contributed by atoms with Gasteiger partial charge in [0.05, 0.1) is 17.0 Å². The van der Waals surface area contributed by atoms with Gasteiger partial charge in [0.25, 0.3) is 0 Å². The Morgan fingerprint density at radius 1 is 1.29 bits per heavy atom. The topological polar surface area (TPSA) is 113 Å². The lowest BCUT2D eigenvalue weighted by atomic mass is 10.2. The number of sulfone groups is 1. The molecule has 1 aromatic carbocycles. The lowest BCUT2D eigenvalue weighted by Crippen LogP contribution is -2.33. The number of hydrogen-bond acceptors (Lipinski definition) is 4. The predicted octanol–water partition coefficient (Wildman–Crippen LogP) is 2.08. The molecular weight excluding hydrogens is 432 g/mol. The van der Waals surface area contributed by atoms with Crippen LogP contribution in [0, 0.1) is 0 Å². The monoisotopic (exact) mass is 442 g/mol. The Labute approximate surface area is 138 Å². The van der Waals surface area contributed by atoms with E-state index in [1.54, 1.807) is 6.07 Å². The van der Waals surface area contributed by atoms with E-state index < -0.39 is 21.8 Å². The van der Waals surface area contributed by atoms with Crippen LogP contribution in [0.3, 0.4) is 0 Å². The highest BCUT2D eigenvalue weighted by Crippen LogP contribution is 2.30. The van der Waals surface area contributed by atoms with Crippen LogP contribution < -0.4 is 10.6 Å². The van der Waals surface area contributed by atoms with Gasteiger partial charge >= 0.3 is 12.0 Å². The van der Waals surface area contributed by atoms with Crippen LogP contribution in [0.25, 0.3) is 0 Å². The molecule has 0 aliphatic rings. The zero-order chi connectivity index (χ0) is 16.2. The molecule has 1 rings (SSSR count). The molecule has 0 fully saturated rings. The molecule has 0 heterocycles. The summed E-state index contributed by atoms with van der Waals surface area (Å²) < 4.78 is 22.8. The van der Waals surface area contributed by atoms with Crippen LogP contribution in [0.1, 0.15) is 10.4 Å². The fraction of sp³-hybridized carbons (Fsp3) is 0.273. The minimum absolute atomic E-state index is 0.0682. The van der Waals surface area contributed by atoms with E-state index in [1.807, 2.05) is 0 Å². The molecule has 2 amide bonds. The average Bonchev–Trinajstić information content (AvgIpc) is 2.30. The highest BCUT2D eigenvalue weighted by molar-refractivity contribution is 9.11. The van der Waals surface area contributed by atoms with E-state index in [0.29, 0.717) is 8.95 Å². The molecule has 0 aromatic heterocycles. The summed E-state index contributed by atoms with van der Waals surface area (Å²) in [6, 6.07) is 2.24. The van der Waals surface area contributed by atoms with E-state index in [1.165, 1.54) is 6.07 Å². The van der Waals surface area contributed by atoms with Crippen molar-refractivity contribution in [3.63, 3.8) is 0 Å². The molecule has 0 bridgehead atoms. The van der Waals surface area contributed by atoms with Gasteiger partial charge in [-0.05, 0) is 28.1 Å². The van der Waals surface area contributed by atoms with Crippen LogP contribution in [-0.4, -0.2) is 44.1 Å². The number of urea groups is 1. The van der Waals surface area contributed by atoms with Gasteiger partial charge in [0, 0.05) is 21.7 Å². The SMILES string of the molecule is CS(=O)(=O)CCNC(=O)Nc1c(Br)cc(Br)cc1C(=O)O. The Morgan fingerprint density at radius 3 is 2.43 bits per heavy atom. The van der Waals surface area contributed by atoms with Crippen molar-refractivity contribution >= 4 is 59.4 Å². The summed E-state index contributed by atoms with van der Waals surface area (Å²) >= 11 is 6.32. The number of carboxylic acid groups (broad SMARTS) is 1. The molecule has 3 N–H and O–H groups in total. The first-order valence-electron chi connectivity index (χ1n) is 5.55. The quantitative estimate of drug-likeness (QED) is 0.644. The van der Waals surface area contributed by atoms with Crippen LogP contribution >= 0.6 is 31.9 Å². The summed E-state index contributed by atoms with van der Waals surface area (Å²) in [5.74, 6) is -1.41. The molecule has 7 nitrogen and oxygen atoms in total. The van der Waals surface area contributed by atoms with Crippen LogP contribution in [-0.2, 0) is 9.84 Å². The minimum atomic E-state index is -3.18. The molecule has 0 saturated heterocycles. The van der Waals surface area contributed by atoms with E-state index in [-0.39, 0.29) is 23.5 Å². The Balaban J connectivity index is 2.83. The van der Waals surface area contributed by atoms with Crippen molar-refractivity contribution in [2.24, 2.45) is 0 Å². The number of amides is 2. The second-order valence-electron chi connectivity index (χ2n) is 4.13. The zero-order valence-corrected chi connectivity index (χ0v) is 14.8. The molecule has 0 saturated carbocycles. The summed E-state index contributed by atoms with van der Waals surface area (Å²) in [5.41, 5.74) is -0.0166. The van der Waals surface area contributed by atoms with Crippen LogP contribution in [0.15, 0.2) is 21.1 Å². The minimum Gasteiger partial charge on any atom is -0.478 e. The predicted molar refractivity (Wildman–Crippen MR) is 85.5 cm³/mol. The van der Waals surface area contributed by atoms with Crippen LogP contribution in [0.2, 0.25) is 0 Å². The Kier molecular flexibility index (Phi) is 6.17. The summed E-state index contributed by atoms with van der Waals surface area (Å²) in [4.78, 5) is 22.8. The first kappa shape index (κ1) is 17.9. The second-order valence-corrected chi connectivity index (χ2v) is 8.16. The maximum atomic E-state index is 11.7. The van der Waals surface area contributed by atoms with Crippen molar-refractivity contribution in [3.05, 3.63) is 26.6 Å². The highest BCUT2D eigenvalue weighted by atomic mass is 79.9. The number of rotatable bonds is 5. The standard InChI is InChI=1S/C11H12Br2N2O5S/c1-21(19,20)3-2-14-11(18)15-9-7(10(16)17)4-6(12)5-8(9)13/h4-5H,2-3H2,1H3,(H,16,17)(H2,14,15,18). The van der Waals surface area contributed by atoms with Gasteiger partial charge in [0.2, 0.25) is 0 Å². The van der Waals surface area contributed by atoms with Gasteiger partial charge < -0.3 is 15.7 Å². The molecule has 0 radical (unpaired) electrons. The Bertz CT molecular complexity index is 675. The number of halogens is 2. The molecular formula is C11H12Br2N2O5S. The molecule has 1 aromatic rings. The van der Waals surface area contributed by atoms with Crippen molar-refractivity contribution in [1.29, 1.82) is 0 Å². The fourth-order valence-corrected chi connectivity index (χ4v) is 3.17. The van der Waals surface area contributed by atoms with E-state index in [9.17, 15) is 18.0 Å². The maximum absolute atomic E-state index is 11.7. The first-order valence-corrected chi connectivity index (χ1v) is 9.19.